The summed E-state index contributed by atoms with van der Waals surface area (Å²) in [6, 6.07) is 6.94. The van der Waals surface area contributed by atoms with Crippen molar-refractivity contribution in [2.45, 2.75) is 0 Å². The fourth-order valence-corrected chi connectivity index (χ4v) is 2.54. The zero-order chi connectivity index (χ0) is 14.9. The molecule has 0 heterocycles. The van der Waals surface area contributed by atoms with Crippen molar-refractivity contribution in [3.8, 4) is 0 Å². The molecule has 0 fully saturated rings. The highest BCUT2D eigenvalue weighted by Crippen LogP contribution is 2.32. The molecule has 0 radical (unpaired) electrons. The summed E-state index contributed by atoms with van der Waals surface area (Å²) in [4.78, 5) is 12.2. The largest absolute Gasteiger partial charge is 0.399 e. The molecule has 0 aliphatic carbocycles. The van der Waals surface area contributed by atoms with Crippen molar-refractivity contribution in [3.05, 3.63) is 56.2 Å². The fraction of sp³-hybridized carbons (Fsp3) is 0. The van der Waals surface area contributed by atoms with E-state index in [1.165, 1.54) is 6.07 Å². The van der Waals surface area contributed by atoms with Crippen LogP contribution in [-0.4, -0.2) is 5.91 Å². The van der Waals surface area contributed by atoms with Crippen molar-refractivity contribution < 1.29 is 9.18 Å². The Labute approximate surface area is 133 Å². The van der Waals surface area contributed by atoms with Crippen LogP contribution >= 0.6 is 39.1 Å². The van der Waals surface area contributed by atoms with Crippen molar-refractivity contribution in [1.29, 1.82) is 0 Å². The summed E-state index contributed by atoms with van der Waals surface area (Å²) < 4.78 is 13.6. The zero-order valence-corrected chi connectivity index (χ0v) is 13.0. The van der Waals surface area contributed by atoms with Crippen molar-refractivity contribution in [1.82, 2.24) is 0 Å². The molecule has 0 unspecified atom stereocenters. The van der Waals surface area contributed by atoms with Crippen LogP contribution in [0.2, 0.25) is 10.0 Å². The summed E-state index contributed by atoms with van der Waals surface area (Å²) in [6.07, 6.45) is 0. The molecule has 0 aliphatic heterocycles. The molecule has 20 heavy (non-hydrogen) atoms. The number of nitrogen functional groups attached to an aromatic ring is 1. The lowest BCUT2D eigenvalue weighted by Crippen LogP contribution is -2.13. The zero-order valence-electron chi connectivity index (χ0n) is 9.88. The van der Waals surface area contributed by atoms with Gasteiger partial charge in [0.05, 0.1) is 21.3 Å². The van der Waals surface area contributed by atoms with Gasteiger partial charge < -0.3 is 11.1 Å². The Balaban J connectivity index is 2.35. The van der Waals surface area contributed by atoms with Gasteiger partial charge in [-0.15, -0.1) is 0 Å². The number of nitrogens with one attached hydrogen (secondary N) is 1. The lowest BCUT2D eigenvalue weighted by molar-refractivity contribution is 0.102. The van der Waals surface area contributed by atoms with Gasteiger partial charge in [0.25, 0.3) is 5.91 Å². The second-order valence-corrected chi connectivity index (χ2v) is 5.61. The number of carbonyl (C=O) groups excluding carboxylic acids is 1. The number of carbonyl (C=O) groups is 1. The first-order valence-corrected chi connectivity index (χ1v) is 6.94. The Kier molecular flexibility index (Phi) is 4.52. The Hall–Kier alpha value is -1.30. The fourth-order valence-electron chi connectivity index (χ4n) is 1.56. The normalized spacial score (nSPS) is 10.4. The average molecular weight is 378 g/mol. The third kappa shape index (κ3) is 3.23. The van der Waals surface area contributed by atoms with Gasteiger partial charge in [-0.3, -0.25) is 4.79 Å². The van der Waals surface area contributed by atoms with Gasteiger partial charge in [-0.2, -0.15) is 0 Å². The smallest absolute Gasteiger partial charge is 0.256 e. The van der Waals surface area contributed by atoms with Gasteiger partial charge in [-0.1, -0.05) is 23.2 Å². The maximum atomic E-state index is 13.1. The van der Waals surface area contributed by atoms with Gasteiger partial charge in [0, 0.05) is 10.2 Å². The maximum Gasteiger partial charge on any atom is 0.256 e. The number of rotatable bonds is 2. The highest BCUT2D eigenvalue weighted by Gasteiger charge is 2.15. The molecule has 3 N–H and O–H groups in total. The maximum absolute atomic E-state index is 13.1. The molecule has 0 aliphatic rings. The van der Waals surface area contributed by atoms with Gasteiger partial charge in [0.2, 0.25) is 0 Å². The van der Waals surface area contributed by atoms with E-state index < -0.39 is 11.7 Å². The predicted octanol–water partition coefficient (Wildman–Crippen LogP) is 4.73. The summed E-state index contributed by atoms with van der Waals surface area (Å²) in [5, 5.41) is 2.57. The first kappa shape index (κ1) is 15.1. The lowest BCUT2D eigenvalue weighted by Gasteiger charge is -2.11. The van der Waals surface area contributed by atoms with Gasteiger partial charge in [0.15, 0.2) is 0 Å². The lowest BCUT2D eigenvalue weighted by atomic mass is 10.2. The van der Waals surface area contributed by atoms with Gasteiger partial charge >= 0.3 is 0 Å². The van der Waals surface area contributed by atoms with Crippen molar-refractivity contribution in [3.63, 3.8) is 0 Å². The van der Waals surface area contributed by atoms with E-state index in [9.17, 15) is 9.18 Å². The Morgan fingerprint density at radius 3 is 2.40 bits per heavy atom. The molecule has 0 saturated heterocycles. The monoisotopic (exact) mass is 376 g/mol. The molecule has 2 rings (SSSR count). The second kappa shape index (κ2) is 5.99. The van der Waals surface area contributed by atoms with Crippen LogP contribution in [0.5, 0.6) is 0 Å². The summed E-state index contributed by atoms with van der Waals surface area (Å²) >= 11 is 15.0. The number of nitrogens with two attached hydrogens (primary N) is 1. The SMILES string of the molecule is Nc1ccc(Br)c(C(=O)Nc2c(Cl)cc(F)cc2Cl)c1. The topological polar surface area (TPSA) is 55.1 Å². The minimum absolute atomic E-state index is 0.0170. The number of hydrogen-bond acceptors (Lipinski definition) is 2. The van der Waals surface area contributed by atoms with Crippen LogP contribution < -0.4 is 11.1 Å². The molecule has 3 nitrogen and oxygen atoms in total. The molecular formula is C13H8BrCl2FN2O. The molecule has 0 saturated carbocycles. The molecule has 2 aromatic carbocycles. The van der Waals surface area contributed by atoms with Crippen LogP contribution in [0, 0.1) is 5.82 Å². The predicted molar refractivity (Wildman–Crippen MR) is 82.9 cm³/mol. The van der Waals surface area contributed by atoms with E-state index in [-0.39, 0.29) is 15.7 Å². The molecule has 0 spiro atoms. The van der Waals surface area contributed by atoms with Crippen LogP contribution in [0.4, 0.5) is 15.8 Å². The van der Waals surface area contributed by atoms with Gasteiger partial charge in [-0.25, -0.2) is 4.39 Å². The summed E-state index contributed by atoms with van der Waals surface area (Å²) in [5.41, 5.74) is 6.54. The molecule has 104 valence electrons. The van der Waals surface area contributed by atoms with Crippen LogP contribution in [0.15, 0.2) is 34.8 Å². The van der Waals surface area contributed by atoms with Crippen LogP contribution in [0.1, 0.15) is 10.4 Å². The molecule has 0 bridgehead atoms. The standard InChI is InChI=1S/C13H8BrCl2FN2O/c14-9-2-1-7(18)5-8(9)13(20)19-12-10(15)3-6(17)4-11(12)16/h1-5H,18H2,(H,19,20). The molecule has 2 aromatic rings. The van der Waals surface area contributed by atoms with Crippen molar-refractivity contribution in [2.24, 2.45) is 0 Å². The second-order valence-electron chi connectivity index (χ2n) is 3.94. The minimum Gasteiger partial charge on any atom is -0.399 e. The number of halogens is 4. The summed E-state index contributed by atoms with van der Waals surface area (Å²) in [6.45, 7) is 0. The van der Waals surface area contributed by atoms with E-state index in [0.717, 1.165) is 12.1 Å². The molecule has 7 heteroatoms. The summed E-state index contributed by atoms with van der Waals surface area (Å²) in [5.74, 6) is -1.04. The van der Waals surface area contributed by atoms with Crippen molar-refractivity contribution >= 4 is 56.4 Å². The average Bonchev–Trinajstić information content (AvgIpc) is 2.36. The van der Waals surface area contributed by atoms with E-state index in [0.29, 0.717) is 15.7 Å². The molecule has 0 atom stereocenters. The number of amides is 1. The van der Waals surface area contributed by atoms with E-state index in [1.807, 2.05) is 0 Å². The van der Waals surface area contributed by atoms with E-state index in [1.54, 1.807) is 12.1 Å². The van der Waals surface area contributed by atoms with Crippen LogP contribution in [0.25, 0.3) is 0 Å². The first-order chi connectivity index (χ1) is 9.38. The third-order valence-electron chi connectivity index (χ3n) is 2.48. The quantitative estimate of drug-likeness (QED) is 0.743. The molecular weight excluding hydrogens is 370 g/mol. The highest BCUT2D eigenvalue weighted by atomic mass is 79.9. The Bertz CT molecular complexity index is 671. The van der Waals surface area contributed by atoms with Crippen LogP contribution in [-0.2, 0) is 0 Å². The number of anilines is 2. The highest BCUT2D eigenvalue weighted by molar-refractivity contribution is 9.10. The minimum atomic E-state index is -0.580. The van der Waals surface area contributed by atoms with Gasteiger partial charge in [0.1, 0.15) is 5.82 Å². The summed E-state index contributed by atoms with van der Waals surface area (Å²) in [7, 11) is 0. The van der Waals surface area contributed by atoms with Crippen LogP contribution in [0.3, 0.4) is 0 Å². The molecule has 1 amide bonds. The number of hydrogen-bond donors (Lipinski definition) is 2. The van der Waals surface area contributed by atoms with E-state index in [2.05, 4.69) is 21.2 Å². The Morgan fingerprint density at radius 1 is 1.20 bits per heavy atom. The van der Waals surface area contributed by atoms with Gasteiger partial charge in [-0.05, 0) is 46.3 Å². The third-order valence-corrected chi connectivity index (χ3v) is 3.77. The van der Waals surface area contributed by atoms with Crippen molar-refractivity contribution in [2.75, 3.05) is 11.1 Å². The first-order valence-electron chi connectivity index (χ1n) is 5.39. The molecule has 0 aromatic heterocycles. The van der Waals surface area contributed by atoms with E-state index >= 15 is 0 Å². The van der Waals surface area contributed by atoms with E-state index in [4.69, 9.17) is 28.9 Å². The Morgan fingerprint density at radius 2 is 1.80 bits per heavy atom. The number of benzene rings is 2.